The Bertz CT molecular complexity index is 517. The van der Waals surface area contributed by atoms with E-state index in [0.29, 0.717) is 6.61 Å². The fourth-order valence-corrected chi connectivity index (χ4v) is 2.96. The fourth-order valence-electron chi connectivity index (χ4n) is 2.96. The summed E-state index contributed by atoms with van der Waals surface area (Å²) in [6.45, 7) is 5.31. The van der Waals surface area contributed by atoms with Gasteiger partial charge in [-0.1, -0.05) is 36.9 Å². The summed E-state index contributed by atoms with van der Waals surface area (Å²) >= 11 is 0. The van der Waals surface area contributed by atoms with Crippen LogP contribution in [-0.4, -0.2) is 34.5 Å². The average molecular weight is 273 g/mol. The number of hydrogen-bond acceptors (Lipinski definition) is 4. The van der Waals surface area contributed by atoms with Gasteiger partial charge < -0.3 is 10.6 Å². The van der Waals surface area contributed by atoms with Crippen molar-refractivity contribution in [1.29, 1.82) is 0 Å². The third kappa shape index (κ3) is 2.25. The number of amides is 1. The normalized spacial score (nSPS) is 25.1. The van der Waals surface area contributed by atoms with Crippen LogP contribution in [0.3, 0.4) is 0 Å². The number of nitrogens with zero attached hydrogens (tertiary/aromatic N) is 2. The first-order valence-electron chi connectivity index (χ1n) is 6.88. The van der Waals surface area contributed by atoms with Crippen LogP contribution in [0.25, 0.3) is 0 Å². The van der Waals surface area contributed by atoms with Crippen molar-refractivity contribution < 1.29 is 9.63 Å². The number of hydrogen-bond donors (Lipinski definition) is 1. The lowest BCUT2D eigenvalue weighted by atomic mass is 10.0. The van der Waals surface area contributed by atoms with Crippen LogP contribution in [-0.2, 0) is 16.2 Å². The van der Waals surface area contributed by atoms with Crippen LogP contribution in [0.4, 0.5) is 0 Å². The zero-order chi connectivity index (χ0) is 14.1. The van der Waals surface area contributed by atoms with E-state index in [9.17, 15) is 4.79 Å². The van der Waals surface area contributed by atoms with Gasteiger partial charge in [0.15, 0.2) is 0 Å². The Morgan fingerprint density at radius 2 is 2.10 bits per heavy atom. The summed E-state index contributed by atoms with van der Waals surface area (Å²) in [6, 6.07) is 10.0. The number of carbonyl (C=O) groups excluding carboxylic acids is 1. The van der Waals surface area contributed by atoms with Crippen molar-refractivity contribution in [3.8, 4) is 0 Å². The summed E-state index contributed by atoms with van der Waals surface area (Å²) in [5.74, 6) is 0.460. The maximum absolute atomic E-state index is 11.5. The van der Waals surface area contributed by atoms with Gasteiger partial charge in [0, 0.05) is 6.54 Å². The third-order valence-corrected chi connectivity index (χ3v) is 4.02. The molecule has 2 N–H and O–H groups in total. The Hall–Kier alpha value is -2.01. The van der Waals surface area contributed by atoms with Crippen molar-refractivity contribution in [3.05, 3.63) is 48.3 Å². The minimum atomic E-state index is -0.283. The molecule has 0 radical (unpaired) electrons. The van der Waals surface area contributed by atoms with Crippen LogP contribution < -0.4 is 5.73 Å². The minimum absolute atomic E-state index is 0.246. The van der Waals surface area contributed by atoms with Gasteiger partial charge in [-0.2, -0.15) is 0 Å². The van der Waals surface area contributed by atoms with Crippen LogP contribution in [0.2, 0.25) is 0 Å². The molecule has 1 aromatic carbocycles. The van der Waals surface area contributed by atoms with Gasteiger partial charge in [-0.15, -0.1) is 0 Å². The SMILES string of the molecule is C=C1N2CC(CCC2C(N)=O)N1OCc1ccccc1. The number of hydroxylamine groups is 2. The molecular weight excluding hydrogens is 254 g/mol. The van der Waals surface area contributed by atoms with E-state index in [1.165, 1.54) is 0 Å². The predicted octanol–water partition coefficient (Wildman–Crippen LogP) is 1.22. The van der Waals surface area contributed by atoms with Crippen molar-refractivity contribution in [2.45, 2.75) is 31.5 Å². The maximum atomic E-state index is 11.5. The number of carbonyl (C=O) groups is 1. The Kier molecular flexibility index (Phi) is 3.36. The summed E-state index contributed by atoms with van der Waals surface area (Å²) in [7, 11) is 0. The highest BCUT2D eigenvalue weighted by Gasteiger charge is 2.43. The number of primary amides is 1. The van der Waals surface area contributed by atoms with Crippen molar-refractivity contribution in [2.75, 3.05) is 6.54 Å². The van der Waals surface area contributed by atoms with E-state index in [4.69, 9.17) is 10.6 Å². The second kappa shape index (κ2) is 5.17. The van der Waals surface area contributed by atoms with Gasteiger partial charge in [-0.05, 0) is 18.4 Å². The van der Waals surface area contributed by atoms with Crippen molar-refractivity contribution in [1.82, 2.24) is 9.96 Å². The first kappa shape index (κ1) is 13.0. The highest BCUT2D eigenvalue weighted by molar-refractivity contribution is 5.80. The lowest BCUT2D eigenvalue weighted by molar-refractivity contribution is -0.156. The Morgan fingerprint density at radius 1 is 1.35 bits per heavy atom. The van der Waals surface area contributed by atoms with Gasteiger partial charge in [0.25, 0.3) is 0 Å². The monoisotopic (exact) mass is 273 g/mol. The molecule has 1 amide bonds. The lowest BCUT2D eigenvalue weighted by Crippen LogP contribution is -2.46. The molecule has 2 bridgehead atoms. The molecule has 5 heteroatoms. The standard InChI is InChI=1S/C15H19N3O2/c1-11-17-9-13(7-8-14(17)15(16)19)18(11)20-10-12-5-3-2-4-6-12/h2-6,13-14H,1,7-10H2,(H2,16,19). The van der Waals surface area contributed by atoms with Crippen LogP contribution in [0, 0.1) is 0 Å². The molecule has 2 saturated heterocycles. The van der Waals surface area contributed by atoms with Crippen molar-refractivity contribution in [3.63, 3.8) is 0 Å². The molecule has 0 spiro atoms. The number of fused-ring (bicyclic) bond motifs is 2. The molecule has 0 aliphatic carbocycles. The van der Waals surface area contributed by atoms with E-state index in [2.05, 4.69) is 6.58 Å². The molecule has 0 saturated carbocycles. The van der Waals surface area contributed by atoms with E-state index >= 15 is 0 Å². The maximum Gasteiger partial charge on any atom is 0.240 e. The molecule has 2 atom stereocenters. The summed E-state index contributed by atoms with van der Waals surface area (Å²) in [4.78, 5) is 19.3. The van der Waals surface area contributed by atoms with Gasteiger partial charge in [0.05, 0.1) is 12.6 Å². The van der Waals surface area contributed by atoms with Crippen molar-refractivity contribution >= 4 is 5.91 Å². The predicted molar refractivity (Wildman–Crippen MR) is 74.9 cm³/mol. The molecule has 2 fully saturated rings. The van der Waals surface area contributed by atoms with Crippen LogP contribution >= 0.6 is 0 Å². The van der Waals surface area contributed by atoms with Crippen LogP contribution in [0.15, 0.2) is 42.7 Å². The molecule has 2 heterocycles. The molecule has 106 valence electrons. The molecule has 2 unspecified atom stereocenters. The minimum Gasteiger partial charge on any atom is -0.368 e. The zero-order valence-electron chi connectivity index (χ0n) is 11.4. The van der Waals surface area contributed by atoms with Crippen LogP contribution in [0.1, 0.15) is 18.4 Å². The molecule has 20 heavy (non-hydrogen) atoms. The first-order chi connectivity index (χ1) is 9.66. The third-order valence-electron chi connectivity index (χ3n) is 4.02. The van der Waals surface area contributed by atoms with E-state index < -0.39 is 0 Å². The zero-order valence-corrected chi connectivity index (χ0v) is 11.4. The number of piperidine rings is 1. The molecule has 1 aromatic rings. The Morgan fingerprint density at radius 3 is 2.80 bits per heavy atom. The summed E-state index contributed by atoms with van der Waals surface area (Å²) < 4.78 is 0. The molecule has 3 rings (SSSR count). The first-order valence-corrected chi connectivity index (χ1v) is 6.88. The summed E-state index contributed by atoms with van der Waals surface area (Å²) in [5.41, 5.74) is 6.56. The Balaban J connectivity index is 1.67. The fraction of sp³-hybridized carbons (Fsp3) is 0.400. The van der Waals surface area contributed by atoms with E-state index in [1.54, 1.807) is 0 Å². The number of rotatable bonds is 4. The topological polar surface area (TPSA) is 58.8 Å². The second-order valence-corrected chi connectivity index (χ2v) is 5.30. The van der Waals surface area contributed by atoms with Gasteiger partial charge in [0.2, 0.25) is 5.91 Å². The van der Waals surface area contributed by atoms with E-state index in [1.807, 2.05) is 40.3 Å². The highest BCUT2D eigenvalue weighted by atomic mass is 16.7. The Labute approximate surface area is 118 Å². The molecule has 0 aromatic heterocycles. The molecule has 5 nitrogen and oxygen atoms in total. The smallest absolute Gasteiger partial charge is 0.240 e. The average Bonchev–Trinajstić information content (AvgIpc) is 2.70. The summed E-state index contributed by atoms with van der Waals surface area (Å²) in [6.07, 6.45) is 1.67. The molecular formula is C15H19N3O2. The largest absolute Gasteiger partial charge is 0.368 e. The van der Waals surface area contributed by atoms with Crippen molar-refractivity contribution in [2.24, 2.45) is 5.73 Å². The van der Waals surface area contributed by atoms with Gasteiger partial charge in [0.1, 0.15) is 11.9 Å². The van der Waals surface area contributed by atoms with Crippen LogP contribution in [0.5, 0.6) is 0 Å². The summed E-state index contributed by atoms with van der Waals surface area (Å²) in [5, 5.41) is 1.84. The van der Waals surface area contributed by atoms with Gasteiger partial charge in [-0.25, -0.2) is 5.06 Å². The van der Waals surface area contributed by atoms with Gasteiger partial charge in [-0.3, -0.25) is 9.63 Å². The number of benzene rings is 1. The molecule has 2 aliphatic rings. The van der Waals surface area contributed by atoms with E-state index in [-0.39, 0.29) is 18.0 Å². The molecule has 2 aliphatic heterocycles. The van der Waals surface area contributed by atoms with Gasteiger partial charge >= 0.3 is 0 Å². The second-order valence-electron chi connectivity index (χ2n) is 5.30. The highest BCUT2D eigenvalue weighted by Crippen LogP contribution is 2.34. The lowest BCUT2D eigenvalue weighted by Gasteiger charge is -2.29. The number of nitrogens with two attached hydrogens (primary N) is 1. The van der Waals surface area contributed by atoms with E-state index in [0.717, 1.165) is 30.8 Å². The quantitative estimate of drug-likeness (QED) is 0.896.